The minimum Gasteiger partial charge on any atom is -0.480 e. The van der Waals surface area contributed by atoms with Gasteiger partial charge in [0.1, 0.15) is 23.1 Å². The highest BCUT2D eigenvalue weighted by molar-refractivity contribution is 5.83. The third-order valence-electron chi connectivity index (χ3n) is 5.53. The fraction of sp³-hybridized carbons (Fsp3) is 0.200. The fourth-order valence-corrected chi connectivity index (χ4v) is 3.86. The number of rotatable bonds is 8. The Morgan fingerprint density at radius 1 is 0.909 bits per heavy atom. The summed E-state index contributed by atoms with van der Waals surface area (Å²) >= 11 is 0. The Hall–Kier alpha value is -3.88. The predicted molar refractivity (Wildman–Crippen MR) is 120 cm³/mol. The van der Waals surface area contributed by atoms with Crippen molar-refractivity contribution >= 4 is 11.9 Å². The molecule has 3 aromatic carbocycles. The van der Waals surface area contributed by atoms with Gasteiger partial charge < -0.3 is 25.4 Å². The average molecular weight is 448 g/mol. The first kappa shape index (κ1) is 22.3. The summed E-state index contributed by atoms with van der Waals surface area (Å²) in [5.41, 5.74) is 5.10. The molecule has 2 atom stereocenters. The van der Waals surface area contributed by atoms with Crippen molar-refractivity contribution in [2.45, 2.75) is 24.5 Å². The topological polar surface area (TPSA) is 122 Å². The Morgan fingerprint density at radius 2 is 1.48 bits per heavy atom. The Balaban J connectivity index is 1.62. The van der Waals surface area contributed by atoms with Crippen molar-refractivity contribution in [1.82, 2.24) is 4.90 Å². The maximum atomic E-state index is 11.7. The summed E-state index contributed by atoms with van der Waals surface area (Å²) in [6.07, 6.45) is -0.166. The monoisotopic (exact) mass is 448 g/mol. The minimum absolute atomic E-state index is 0.0730. The smallest absolute Gasteiger partial charge is 0.325 e. The van der Waals surface area contributed by atoms with Gasteiger partial charge in [0.05, 0.1) is 0 Å². The van der Waals surface area contributed by atoms with Crippen LogP contribution in [0, 0.1) is 0 Å². The second kappa shape index (κ2) is 9.32. The summed E-state index contributed by atoms with van der Waals surface area (Å²) in [5.74, 6) is -0.120. The number of nitrogens with zero attached hydrogens (tertiary/aromatic N) is 1. The highest BCUT2D eigenvalue weighted by Crippen LogP contribution is 2.37. The van der Waals surface area contributed by atoms with E-state index in [1.54, 1.807) is 23.1 Å². The Bertz CT molecular complexity index is 1140. The van der Waals surface area contributed by atoms with E-state index in [0.717, 1.165) is 5.56 Å². The molecule has 170 valence electrons. The summed E-state index contributed by atoms with van der Waals surface area (Å²) in [6, 6.07) is 22.8. The molecule has 0 radical (unpaired) electrons. The molecular weight excluding hydrogens is 424 g/mol. The SMILES string of the molecule is NC1(C(=O)O)CC(C(=O)O)N(Cc2ccc(Oc3ccccc3)c(Oc3ccccc3)c2)C1. The molecule has 0 aromatic heterocycles. The number of carbonyl (C=O) groups is 2. The van der Waals surface area contributed by atoms with E-state index in [1.165, 1.54) is 0 Å². The summed E-state index contributed by atoms with van der Waals surface area (Å²) < 4.78 is 12.1. The molecule has 1 aliphatic rings. The number of benzene rings is 3. The van der Waals surface area contributed by atoms with Crippen molar-refractivity contribution in [3.8, 4) is 23.0 Å². The molecule has 33 heavy (non-hydrogen) atoms. The number of carboxylic acid groups (broad SMARTS) is 2. The number of hydrogen-bond acceptors (Lipinski definition) is 6. The summed E-state index contributed by atoms with van der Waals surface area (Å²) in [7, 11) is 0. The zero-order valence-electron chi connectivity index (χ0n) is 17.8. The Kier molecular flexibility index (Phi) is 6.30. The van der Waals surface area contributed by atoms with E-state index in [0.29, 0.717) is 23.0 Å². The third-order valence-corrected chi connectivity index (χ3v) is 5.53. The molecule has 4 rings (SSSR count). The number of likely N-dealkylation sites (tertiary alicyclic amines) is 1. The lowest BCUT2D eigenvalue weighted by atomic mass is 9.98. The van der Waals surface area contributed by atoms with Gasteiger partial charge in [0.2, 0.25) is 0 Å². The normalized spacial score (nSPS) is 20.3. The van der Waals surface area contributed by atoms with Crippen LogP contribution in [0.1, 0.15) is 12.0 Å². The van der Waals surface area contributed by atoms with Crippen LogP contribution in [-0.2, 0) is 16.1 Å². The van der Waals surface area contributed by atoms with Gasteiger partial charge in [0.15, 0.2) is 11.5 Å². The highest BCUT2D eigenvalue weighted by atomic mass is 16.5. The molecule has 8 heteroatoms. The van der Waals surface area contributed by atoms with Crippen LogP contribution in [-0.4, -0.2) is 45.2 Å². The van der Waals surface area contributed by atoms with Gasteiger partial charge in [-0.25, -0.2) is 0 Å². The maximum Gasteiger partial charge on any atom is 0.325 e. The van der Waals surface area contributed by atoms with Crippen LogP contribution in [0.4, 0.5) is 0 Å². The molecule has 1 aliphatic heterocycles. The standard InChI is InChI=1S/C25H24N2O6/c26-25(24(30)31)14-20(23(28)29)27(16-25)15-17-11-12-21(32-18-7-3-1-4-8-18)22(13-17)33-19-9-5-2-6-10-19/h1-13,20H,14-16,26H2,(H,28,29)(H,30,31). The van der Waals surface area contributed by atoms with Crippen molar-refractivity contribution in [1.29, 1.82) is 0 Å². The van der Waals surface area contributed by atoms with Gasteiger partial charge in [0, 0.05) is 19.5 Å². The van der Waals surface area contributed by atoms with Crippen LogP contribution in [0.25, 0.3) is 0 Å². The summed E-state index contributed by atoms with van der Waals surface area (Å²) in [4.78, 5) is 24.9. The number of ether oxygens (including phenoxy) is 2. The lowest BCUT2D eigenvalue weighted by molar-refractivity contribution is -0.142. The average Bonchev–Trinajstić information content (AvgIpc) is 3.15. The van der Waals surface area contributed by atoms with Gasteiger partial charge in [0.25, 0.3) is 0 Å². The fourth-order valence-electron chi connectivity index (χ4n) is 3.86. The summed E-state index contributed by atoms with van der Waals surface area (Å²) in [6.45, 7) is 0.121. The van der Waals surface area contributed by atoms with Crippen LogP contribution < -0.4 is 15.2 Å². The van der Waals surface area contributed by atoms with Gasteiger partial charge in [-0.05, 0) is 42.0 Å². The van der Waals surface area contributed by atoms with E-state index in [2.05, 4.69) is 0 Å². The molecule has 0 bridgehead atoms. The second-order valence-electron chi connectivity index (χ2n) is 8.04. The zero-order chi connectivity index (χ0) is 23.4. The van der Waals surface area contributed by atoms with Crippen molar-refractivity contribution in [3.05, 3.63) is 84.4 Å². The van der Waals surface area contributed by atoms with E-state index in [4.69, 9.17) is 15.2 Å². The molecule has 1 fully saturated rings. The second-order valence-corrected chi connectivity index (χ2v) is 8.04. The van der Waals surface area contributed by atoms with Gasteiger partial charge in [-0.2, -0.15) is 0 Å². The number of para-hydroxylation sites is 2. The third kappa shape index (κ3) is 5.14. The first-order valence-electron chi connectivity index (χ1n) is 10.4. The molecule has 0 aliphatic carbocycles. The molecule has 0 amide bonds. The van der Waals surface area contributed by atoms with Gasteiger partial charge in [-0.15, -0.1) is 0 Å². The molecule has 0 saturated carbocycles. The Morgan fingerprint density at radius 3 is 2.03 bits per heavy atom. The number of carboxylic acids is 2. The quantitative estimate of drug-likeness (QED) is 0.477. The first-order valence-corrected chi connectivity index (χ1v) is 10.4. The van der Waals surface area contributed by atoms with E-state index in [9.17, 15) is 19.8 Å². The van der Waals surface area contributed by atoms with E-state index in [-0.39, 0.29) is 19.5 Å². The van der Waals surface area contributed by atoms with Gasteiger partial charge in [-0.1, -0.05) is 42.5 Å². The van der Waals surface area contributed by atoms with Crippen LogP contribution in [0.2, 0.25) is 0 Å². The van der Waals surface area contributed by atoms with E-state index in [1.807, 2.05) is 60.7 Å². The number of nitrogens with two attached hydrogens (primary N) is 1. The van der Waals surface area contributed by atoms with Crippen LogP contribution in [0.15, 0.2) is 78.9 Å². The Labute approximate surface area is 190 Å². The molecule has 0 spiro atoms. The van der Waals surface area contributed by atoms with Crippen LogP contribution >= 0.6 is 0 Å². The largest absolute Gasteiger partial charge is 0.480 e. The van der Waals surface area contributed by atoms with E-state index < -0.39 is 23.5 Å². The predicted octanol–water partition coefficient (Wildman–Crippen LogP) is 3.71. The molecule has 4 N–H and O–H groups in total. The molecule has 1 saturated heterocycles. The van der Waals surface area contributed by atoms with Gasteiger partial charge in [-0.3, -0.25) is 14.5 Å². The lowest BCUT2D eigenvalue weighted by Crippen LogP contribution is -2.50. The lowest BCUT2D eigenvalue weighted by Gasteiger charge is -2.22. The zero-order valence-corrected chi connectivity index (χ0v) is 17.8. The van der Waals surface area contributed by atoms with Crippen LogP contribution in [0.5, 0.6) is 23.0 Å². The summed E-state index contributed by atoms with van der Waals surface area (Å²) in [5, 5.41) is 19.1. The number of aliphatic carboxylic acids is 2. The number of hydrogen-bond donors (Lipinski definition) is 3. The van der Waals surface area contributed by atoms with Crippen molar-refractivity contribution < 1.29 is 29.3 Å². The van der Waals surface area contributed by atoms with Crippen molar-refractivity contribution in [3.63, 3.8) is 0 Å². The van der Waals surface area contributed by atoms with Crippen molar-refractivity contribution in [2.75, 3.05) is 6.54 Å². The molecular formula is C25H24N2O6. The van der Waals surface area contributed by atoms with Crippen LogP contribution in [0.3, 0.4) is 0 Å². The molecule has 1 heterocycles. The highest BCUT2D eigenvalue weighted by Gasteiger charge is 2.49. The molecule has 2 unspecified atom stereocenters. The molecule has 3 aromatic rings. The first-order chi connectivity index (χ1) is 15.8. The van der Waals surface area contributed by atoms with Crippen molar-refractivity contribution in [2.24, 2.45) is 5.73 Å². The maximum absolute atomic E-state index is 11.7. The van der Waals surface area contributed by atoms with E-state index >= 15 is 0 Å². The molecule has 8 nitrogen and oxygen atoms in total. The van der Waals surface area contributed by atoms with Gasteiger partial charge >= 0.3 is 11.9 Å². The minimum atomic E-state index is -1.61.